The molecule has 2 aliphatic rings. The van der Waals surface area contributed by atoms with Crippen molar-refractivity contribution >= 4 is 53.7 Å². The van der Waals surface area contributed by atoms with Gasteiger partial charge in [-0.2, -0.15) is 13.2 Å². The zero-order chi connectivity index (χ0) is 36.7. The second kappa shape index (κ2) is 14.5. The smallest absolute Gasteiger partial charge is 0.422 e. The Kier molecular flexibility index (Phi) is 10.6. The number of cyclic esters (lactones) is 1. The van der Waals surface area contributed by atoms with Gasteiger partial charge < -0.3 is 24.4 Å². The molecule has 2 saturated heterocycles. The summed E-state index contributed by atoms with van der Waals surface area (Å²) < 4.78 is 61.6. The van der Waals surface area contributed by atoms with Gasteiger partial charge in [-0.3, -0.25) is 9.36 Å². The number of carbonyl (C=O) groups excluding carboxylic acids is 1. The molecule has 0 saturated carbocycles. The van der Waals surface area contributed by atoms with Crippen LogP contribution in [0, 0.1) is 6.92 Å². The number of rotatable bonds is 12. The number of nitrogens with one attached hydrogen (secondary N) is 1. The van der Waals surface area contributed by atoms with Crippen molar-refractivity contribution in [3.63, 3.8) is 0 Å². The number of nitrogens with zero attached hydrogens (tertiary/aromatic N) is 4. The first-order valence-electron chi connectivity index (χ1n) is 16.8. The van der Waals surface area contributed by atoms with Crippen LogP contribution in [-0.2, 0) is 26.4 Å². The van der Waals surface area contributed by atoms with Crippen LogP contribution < -0.4 is 10.9 Å². The van der Waals surface area contributed by atoms with E-state index >= 15 is 0 Å². The van der Waals surface area contributed by atoms with Gasteiger partial charge in [0.05, 0.1) is 28.4 Å². The normalized spacial score (nSPS) is 19.2. The second-order valence-electron chi connectivity index (χ2n) is 14.4. The molecule has 0 bridgehead atoms. The average Bonchev–Trinajstić information content (AvgIpc) is 3.70. The summed E-state index contributed by atoms with van der Waals surface area (Å²) in [4.78, 5) is 36.9. The van der Waals surface area contributed by atoms with Crippen LogP contribution in [0.2, 0.25) is 30.7 Å². The lowest BCUT2D eigenvalue weighted by Crippen LogP contribution is -2.45. The van der Waals surface area contributed by atoms with E-state index in [2.05, 4.69) is 29.9 Å². The average molecular weight is 764 g/mol. The lowest BCUT2D eigenvalue weighted by molar-refractivity contribution is -0.296. The minimum absolute atomic E-state index is 0.0994. The van der Waals surface area contributed by atoms with Gasteiger partial charge in [-0.25, -0.2) is 14.8 Å². The van der Waals surface area contributed by atoms with Crippen LogP contribution in [0.3, 0.4) is 0 Å². The van der Waals surface area contributed by atoms with Crippen LogP contribution in [0.1, 0.15) is 36.0 Å². The van der Waals surface area contributed by atoms with Gasteiger partial charge in [-0.05, 0) is 62.6 Å². The number of amides is 1. The first-order chi connectivity index (χ1) is 24.0. The van der Waals surface area contributed by atoms with E-state index in [4.69, 9.17) is 30.8 Å². The van der Waals surface area contributed by atoms with E-state index < -0.39 is 26.6 Å². The Hall–Kier alpha value is -3.50. The van der Waals surface area contributed by atoms with Gasteiger partial charge in [0, 0.05) is 49.7 Å². The summed E-state index contributed by atoms with van der Waals surface area (Å²) in [5.41, 5.74) is -0.656. The molecule has 0 radical (unpaired) electrons. The third-order valence-corrected chi connectivity index (χ3v) is 12.6. The molecule has 4 heterocycles. The molecular weight excluding hydrogens is 723 g/mol. The van der Waals surface area contributed by atoms with Crippen LogP contribution in [-0.4, -0.2) is 78.4 Å². The number of fused-ring (bicyclic) bond motifs is 2. The number of anilines is 1. The molecule has 0 unspecified atom stereocenters. The second-order valence-corrected chi connectivity index (χ2v) is 21.5. The van der Waals surface area contributed by atoms with Crippen molar-refractivity contribution in [3.8, 4) is 10.6 Å². The van der Waals surface area contributed by atoms with Crippen molar-refractivity contribution in [1.82, 2.24) is 19.4 Å². The van der Waals surface area contributed by atoms with Gasteiger partial charge in [0.1, 0.15) is 24.2 Å². The lowest BCUT2D eigenvalue weighted by Gasteiger charge is -2.33. The Balaban J connectivity index is 1.36. The number of hydrogen-bond acceptors (Lipinski definition) is 9. The minimum Gasteiger partial charge on any atom is -0.447 e. The highest BCUT2D eigenvalue weighted by Gasteiger charge is 2.55. The number of benzene rings is 2. The molecule has 2 fully saturated rings. The van der Waals surface area contributed by atoms with Crippen molar-refractivity contribution in [2.75, 3.05) is 31.9 Å². The molecule has 1 N–H and O–H groups in total. The maximum atomic E-state index is 14.6. The highest BCUT2D eigenvalue weighted by atomic mass is 35.5. The summed E-state index contributed by atoms with van der Waals surface area (Å²) in [7, 11) is -1.44. The Bertz CT molecular complexity index is 1970. The summed E-state index contributed by atoms with van der Waals surface area (Å²) in [5, 5.41) is 4.76. The Morgan fingerprint density at radius 1 is 1.16 bits per heavy atom. The van der Waals surface area contributed by atoms with Gasteiger partial charge in [0.15, 0.2) is 5.60 Å². The number of aromatic nitrogens is 3. The maximum absolute atomic E-state index is 14.6. The van der Waals surface area contributed by atoms with E-state index in [0.717, 1.165) is 29.9 Å². The quantitative estimate of drug-likeness (QED) is 0.0879. The fourth-order valence-electron chi connectivity index (χ4n) is 6.19. The summed E-state index contributed by atoms with van der Waals surface area (Å²) >= 11 is 6.93. The number of halogens is 4. The van der Waals surface area contributed by atoms with Gasteiger partial charge in [0.25, 0.3) is 5.56 Å². The van der Waals surface area contributed by atoms with E-state index in [0.29, 0.717) is 64.0 Å². The molecule has 2 aromatic heterocycles. The standard InChI is InChI=1S/C35H41ClF3N5O5SSi/c1-21-41-29-15-26(31-40-17-30(50-31)34(2,35(37,38)39)49-20-47-12-13-51(3,4)5)28(42-24-10-11-43-25(14-24)19-48-33(43)46)16-27(29)32(45)44(21)18-22-6-8-23(36)9-7-22/h6-9,15-17,24-25,42H,10-14,18-20H2,1-5H3/t24-,25-,34+/m0/s1. The zero-order valence-electron chi connectivity index (χ0n) is 29.1. The zero-order valence-corrected chi connectivity index (χ0v) is 31.7. The number of aryl methyl sites for hydroxylation is 1. The number of alkyl halides is 3. The van der Waals surface area contributed by atoms with Crippen molar-refractivity contribution in [2.24, 2.45) is 0 Å². The summed E-state index contributed by atoms with van der Waals surface area (Å²) in [6.45, 7) is 10.0. The highest BCUT2D eigenvalue weighted by Crippen LogP contribution is 2.46. The van der Waals surface area contributed by atoms with Gasteiger partial charge >= 0.3 is 12.3 Å². The molecule has 2 aliphatic heterocycles. The first kappa shape index (κ1) is 37.3. The Labute approximate surface area is 303 Å². The predicted octanol–water partition coefficient (Wildman–Crippen LogP) is 8.03. The highest BCUT2D eigenvalue weighted by molar-refractivity contribution is 7.15. The molecule has 274 valence electrons. The van der Waals surface area contributed by atoms with Crippen LogP contribution in [0.4, 0.5) is 23.7 Å². The number of thiazole rings is 1. The molecule has 2 aromatic carbocycles. The fourth-order valence-corrected chi connectivity index (χ4v) is 8.14. The Morgan fingerprint density at radius 3 is 2.61 bits per heavy atom. The van der Waals surface area contributed by atoms with E-state index in [1.807, 2.05) is 12.1 Å². The number of carbonyl (C=O) groups is 1. The minimum atomic E-state index is -4.76. The van der Waals surface area contributed by atoms with Gasteiger partial charge in [0.2, 0.25) is 0 Å². The summed E-state index contributed by atoms with van der Waals surface area (Å²) in [6.07, 6.45) is -2.70. The van der Waals surface area contributed by atoms with E-state index in [1.54, 1.807) is 40.7 Å². The van der Waals surface area contributed by atoms with Crippen LogP contribution in [0.5, 0.6) is 0 Å². The van der Waals surface area contributed by atoms with Gasteiger partial charge in [-0.15, -0.1) is 11.3 Å². The van der Waals surface area contributed by atoms with Crippen molar-refractivity contribution in [2.45, 2.75) is 82.8 Å². The molecule has 0 spiro atoms. The third-order valence-electron chi connectivity index (χ3n) is 9.42. The summed E-state index contributed by atoms with van der Waals surface area (Å²) in [5.74, 6) is 0.472. The molecule has 1 amide bonds. The topological polar surface area (TPSA) is 108 Å². The fraction of sp³-hybridized carbons (Fsp3) is 0.486. The molecule has 6 rings (SSSR count). The number of hydrogen-bond donors (Lipinski definition) is 1. The number of piperidine rings is 1. The lowest BCUT2D eigenvalue weighted by atomic mass is 9.97. The van der Waals surface area contributed by atoms with E-state index in [-0.39, 0.29) is 41.8 Å². The van der Waals surface area contributed by atoms with Crippen molar-refractivity contribution in [3.05, 3.63) is 74.2 Å². The number of ether oxygens (including phenoxy) is 3. The molecule has 16 heteroatoms. The monoisotopic (exact) mass is 763 g/mol. The third kappa shape index (κ3) is 8.12. The molecule has 51 heavy (non-hydrogen) atoms. The van der Waals surface area contributed by atoms with E-state index in [9.17, 15) is 22.8 Å². The maximum Gasteiger partial charge on any atom is 0.422 e. The van der Waals surface area contributed by atoms with Crippen LogP contribution >= 0.6 is 22.9 Å². The van der Waals surface area contributed by atoms with Crippen LogP contribution in [0.15, 0.2) is 47.4 Å². The van der Waals surface area contributed by atoms with E-state index in [1.165, 1.54) is 6.20 Å². The largest absolute Gasteiger partial charge is 0.447 e. The molecule has 3 atom stereocenters. The van der Waals surface area contributed by atoms with Gasteiger partial charge in [-0.1, -0.05) is 43.4 Å². The van der Waals surface area contributed by atoms with Crippen molar-refractivity contribution < 1.29 is 32.2 Å². The SMILES string of the molecule is Cc1nc2cc(-c3ncc([C@@](C)(OCOCC[Si](C)(C)C)C(F)(F)F)s3)c(N[C@H]3CCN4C(=O)OC[C@@H]4C3)cc2c(=O)n1Cc1ccc(Cl)cc1. The first-order valence-corrected chi connectivity index (χ1v) is 21.7. The molecule has 4 aromatic rings. The predicted molar refractivity (Wildman–Crippen MR) is 194 cm³/mol. The molecule has 0 aliphatic carbocycles. The molecule has 10 nitrogen and oxygen atoms in total. The molecular formula is C35H41ClF3N5O5SSi. The van der Waals surface area contributed by atoms with Crippen LogP contribution in [0.25, 0.3) is 21.5 Å². The summed E-state index contributed by atoms with van der Waals surface area (Å²) in [6, 6.07) is 11.2. The van der Waals surface area contributed by atoms with Crippen molar-refractivity contribution in [1.29, 1.82) is 0 Å². The Morgan fingerprint density at radius 2 is 1.90 bits per heavy atom.